The Balaban J connectivity index is 1.41. The molecule has 1 heterocycles. The number of halogens is 1. The second-order valence-electron chi connectivity index (χ2n) is 16.0. The van der Waals surface area contributed by atoms with E-state index in [2.05, 4.69) is 103 Å². The minimum absolute atomic E-state index is 0.219. The van der Waals surface area contributed by atoms with E-state index in [9.17, 15) is 14.0 Å². The fraction of sp³-hybridized carbons (Fsp3) is 0.0690. The molecule has 0 radical (unpaired) electrons. The molecule has 0 N–H and O–H groups in total. The number of rotatable bonds is 9. The summed E-state index contributed by atoms with van der Waals surface area (Å²) in [5.41, 5.74) is 13.4. The average molecular weight is 804 g/mol. The van der Waals surface area contributed by atoms with E-state index in [0.717, 1.165) is 94.0 Å². The lowest BCUT2D eigenvalue weighted by atomic mass is 9.88. The third-order valence-electron chi connectivity index (χ3n) is 12.2. The molecule has 9 aromatic carbocycles. The van der Waals surface area contributed by atoms with Crippen LogP contribution in [-0.2, 0) is 16.0 Å². The third-order valence-corrected chi connectivity index (χ3v) is 12.2. The van der Waals surface area contributed by atoms with Crippen LogP contribution < -0.4 is 0 Å². The molecule has 10 rings (SSSR count). The summed E-state index contributed by atoms with van der Waals surface area (Å²) in [5.74, 6) is -0.798. The molecule has 4 heteroatoms. The standard InChI is InChI=1S/C58H42FNO2/c1-37(61)55(57(38(2)62)60-32-31-43-25-15-16-26-46(43)58(60)44-27-29-45(59)30-28-44)56-53-35-49(41-21-11-5-12-22-41)47(39-17-7-3-8-18-39)33-51(53)52-34-48(40-19-9-4-10-20-40)50(36-54(52)56)42-23-13-6-14-24-42/h3-30,33-36H,31-32H2,1-2H3/b57-55+. The highest BCUT2D eigenvalue weighted by molar-refractivity contribution is 6.35. The number of benzene rings is 8. The van der Waals surface area contributed by atoms with Gasteiger partial charge in [0, 0.05) is 23.1 Å². The van der Waals surface area contributed by atoms with Crippen molar-refractivity contribution in [1.82, 2.24) is 0 Å². The lowest BCUT2D eigenvalue weighted by molar-refractivity contribution is -0.470. The average Bonchev–Trinajstić information content (AvgIpc) is 3.62. The Morgan fingerprint density at radius 1 is 0.468 bits per heavy atom. The minimum atomic E-state index is -0.348. The molecule has 0 saturated carbocycles. The molecule has 9 aromatic rings. The quantitative estimate of drug-likeness (QED) is 0.0828. The van der Waals surface area contributed by atoms with Gasteiger partial charge in [0.05, 0.1) is 0 Å². The van der Waals surface area contributed by atoms with Gasteiger partial charge in [-0.05, 0) is 94.3 Å². The maximum atomic E-state index is 14.8. The van der Waals surface area contributed by atoms with Gasteiger partial charge in [0.25, 0.3) is 0 Å². The summed E-state index contributed by atoms with van der Waals surface area (Å²) < 4.78 is 16.5. The molecule has 0 fully saturated rings. The van der Waals surface area contributed by atoms with Crippen LogP contribution >= 0.6 is 0 Å². The first-order chi connectivity index (χ1) is 30.4. The number of hydrogen-bond acceptors (Lipinski definition) is 2. The Bertz CT molecular complexity index is 3110. The zero-order chi connectivity index (χ0) is 42.3. The number of hydrogen-bond donors (Lipinski definition) is 0. The van der Waals surface area contributed by atoms with Crippen molar-refractivity contribution >= 4 is 44.4 Å². The molecule has 0 atom stereocenters. The van der Waals surface area contributed by atoms with Crippen molar-refractivity contribution in [2.45, 2.75) is 20.3 Å². The Morgan fingerprint density at radius 2 is 0.887 bits per heavy atom. The fourth-order valence-electron chi connectivity index (χ4n) is 9.46. The number of Topliss-reactive ketones (excluding diaryl/α,β-unsaturated/α-hetero) is 2. The molecule has 0 spiro atoms. The molecule has 0 aromatic heterocycles. The summed E-state index contributed by atoms with van der Waals surface area (Å²) in [4.78, 5) is 29.5. The van der Waals surface area contributed by atoms with E-state index in [0.29, 0.717) is 24.2 Å². The van der Waals surface area contributed by atoms with Crippen molar-refractivity contribution in [1.29, 1.82) is 0 Å². The van der Waals surface area contributed by atoms with Crippen LogP contribution in [0.4, 0.5) is 4.39 Å². The monoisotopic (exact) mass is 803 g/mol. The van der Waals surface area contributed by atoms with Gasteiger partial charge in [-0.25, -0.2) is 8.97 Å². The smallest absolute Gasteiger partial charge is 0.215 e. The SMILES string of the molecule is CC(=O)/C(=C(/C(C)=O)[N+]1=C(c2ccc(F)cc2)c2ccccc2CC1)[c-]1c2cc(-c3ccccc3)c(-c3ccccc3)cc2c2cc(-c3ccccc3)c(-c3ccccc3)cc21. The van der Waals surface area contributed by atoms with Crippen LogP contribution in [0.1, 0.15) is 36.1 Å². The topological polar surface area (TPSA) is 37.1 Å². The Hall–Kier alpha value is -7.69. The largest absolute Gasteiger partial charge is 0.327 e. The summed E-state index contributed by atoms with van der Waals surface area (Å²) in [6.45, 7) is 3.58. The van der Waals surface area contributed by atoms with Crippen LogP contribution in [0.2, 0.25) is 0 Å². The molecule has 0 amide bonds. The Labute approximate surface area is 360 Å². The van der Waals surface area contributed by atoms with Crippen molar-refractivity contribution in [2.24, 2.45) is 0 Å². The van der Waals surface area contributed by atoms with E-state index >= 15 is 0 Å². The van der Waals surface area contributed by atoms with E-state index in [1.807, 2.05) is 71.3 Å². The maximum absolute atomic E-state index is 14.8. The molecular weight excluding hydrogens is 762 g/mol. The van der Waals surface area contributed by atoms with Gasteiger partial charge >= 0.3 is 0 Å². The summed E-state index contributed by atoms with van der Waals surface area (Å²) in [6, 6.07) is 65.1. The highest BCUT2D eigenvalue weighted by Crippen LogP contribution is 2.48. The molecule has 1 aliphatic rings. The first-order valence-electron chi connectivity index (χ1n) is 21.1. The number of fused-ring (bicyclic) bond motifs is 4. The van der Waals surface area contributed by atoms with Crippen molar-refractivity contribution in [3.05, 3.63) is 228 Å². The molecule has 298 valence electrons. The van der Waals surface area contributed by atoms with Crippen molar-refractivity contribution in [3.63, 3.8) is 0 Å². The minimum Gasteiger partial charge on any atom is -0.327 e. The maximum Gasteiger partial charge on any atom is 0.215 e. The van der Waals surface area contributed by atoms with Gasteiger partial charge in [-0.15, -0.1) is 0 Å². The molecule has 0 aliphatic carbocycles. The Morgan fingerprint density at radius 3 is 1.32 bits per heavy atom. The lowest BCUT2D eigenvalue weighted by Crippen LogP contribution is -2.33. The van der Waals surface area contributed by atoms with E-state index in [1.54, 1.807) is 26.0 Å². The lowest BCUT2D eigenvalue weighted by Gasteiger charge is -2.23. The summed E-state index contributed by atoms with van der Waals surface area (Å²) >= 11 is 0. The zero-order valence-corrected chi connectivity index (χ0v) is 34.5. The van der Waals surface area contributed by atoms with Gasteiger partial charge in [-0.3, -0.25) is 4.79 Å². The van der Waals surface area contributed by atoms with Crippen molar-refractivity contribution < 1.29 is 18.6 Å². The zero-order valence-electron chi connectivity index (χ0n) is 34.5. The predicted octanol–water partition coefficient (Wildman–Crippen LogP) is 13.5. The normalized spacial score (nSPS) is 13.0. The second-order valence-corrected chi connectivity index (χ2v) is 16.0. The van der Waals surface area contributed by atoms with Crippen LogP contribution in [0.5, 0.6) is 0 Å². The van der Waals surface area contributed by atoms with Gasteiger partial charge in [-0.1, -0.05) is 191 Å². The predicted molar refractivity (Wildman–Crippen MR) is 252 cm³/mol. The number of carbonyl (C=O) groups is 2. The van der Waals surface area contributed by atoms with Crippen molar-refractivity contribution in [3.8, 4) is 44.5 Å². The molecular formula is C58H42FNO2. The van der Waals surface area contributed by atoms with Gasteiger partial charge in [0.1, 0.15) is 18.1 Å². The summed E-state index contributed by atoms with van der Waals surface area (Å²) in [7, 11) is 0. The van der Waals surface area contributed by atoms with E-state index in [4.69, 9.17) is 0 Å². The first-order valence-corrected chi connectivity index (χ1v) is 21.1. The van der Waals surface area contributed by atoms with E-state index in [1.165, 1.54) is 12.1 Å². The van der Waals surface area contributed by atoms with Crippen LogP contribution in [0.15, 0.2) is 200 Å². The number of carbonyl (C=O) groups excluding carboxylic acids is 2. The van der Waals surface area contributed by atoms with Crippen LogP contribution in [-0.4, -0.2) is 28.4 Å². The first kappa shape index (κ1) is 38.5. The molecule has 1 aliphatic heterocycles. The summed E-state index contributed by atoms with van der Waals surface area (Å²) in [6.07, 6.45) is 0.655. The van der Waals surface area contributed by atoms with E-state index < -0.39 is 0 Å². The number of allylic oxidation sites excluding steroid dienone is 2. The van der Waals surface area contributed by atoms with E-state index in [-0.39, 0.29) is 17.4 Å². The third kappa shape index (κ3) is 6.80. The fourth-order valence-corrected chi connectivity index (χ4v) is 9.46. The Kier molecular flexibility index (Phi) is 9.97. The number of ketones is 2. The van der Waals surface area contributed by atoms with Gasteiger partial charge in [0.15, 0.2) is 5.78 Å². The molecule has 3 nitrogen and oxygen atoms in total. The number of nitrogens with zero attached hydrogens (tertiary/aromatic N) is 1. The van der Waals surface area contributed by atoms with Gasteiger partial charge in [0.2, 0.25) is 11.4 Å². The van der Waals surface area contributed by atoms with Gasteiger partial charge < -0.3 is 4.79 Å². The van der Waals surface area contributed by atoms with Gasteiger partial charge in [-0.2, -0.15) is 0 Å². The van der Waals surface area contributed by atoms with Crippen molar-refractivity contribution in [2.75, 3.05) is 6.54 Å². The second kappa shape index (κ2) is 16.1. The molecule has 62 heavy (non-hydrogen) atoms. The molecule has 0 bridgehead atoms. The van der Waals surface area contributed by atoms with Crippen LogP contribution in [0, 0.1) is 5.82 Å². The summed E-state index contributed by atoms with van der Waals surface area (Å²) in [5, 5.41) is 3.73. The molecule has 0 saturated heterocycles. The van der Waals surface area contributed by atoms with Crippen LogP contribution in [0.25, 0.3) is 71.6 Å². The highest BCUT2D eigenvalue weighted by Gasteiger charge is 2.34. The molecule has 0 unspecified atom stereocenters. The van der Waals surface area contributed by atoms with Crippen LogP contribution in [0.3, 0.4) is 0 Å². The highest BCUT2D eigenvalue weighted by atomic mass is 19.1.